The van der Waals surface area contributed by atoms with Crippen LogP contribution in [0.2, 0.25) is 0 Å². The van der Waals surface area contributed by atoms with E-state index in [1.165, 1.54) is 57.2 Å². The Bertz CT molecular complexity index is 651. The molecule has 4 rings (SSSR count). The van der Waals surface area contributed by atoms with Gasteiger partial charge in [0.1, 0.15) is 5.75 Å². The summed E-state index contributed by atoms with van der Waals surface area (Å²) in [5.74, 6) is 1.02. The average molecular weight is 430 g/mol. The summed E-state index contributed by atoms with van der Waals surface area (Å²) >= 11 is 0. The van der Waals surface area contributed by atoms with Gasteiger partial charge in [-0.1, -0.05) is 12.1 Å². The number of piperidine rings is 1. The lowest BCUT2D eigenvalue weighted by Crippen LogP contribution is -2.58. The van der Waals surface area contributed by atoms with Crippen molar-refractivity contribution in [2.24, 2.45) is 0 Å². The van der Waals surface area contributed by atoms with Crippen molar-refractivity contribution >= 4 is 0 Å². The maximum absolute atomic E-state index is 9.71. The molecule has 2 aliphatic heterocycles. The van der Waals surface area contributed by atoms with Crippen molar-refractivity contribution in [3.05, 3.63) is 29.8 Å². The molecular weight excluding hydrogens is 386 g/mol. The van der Waals surface area contributed by atoms with Gasteiger partial charge < -0.3 is 14.7 Å². The highest BCUT2D eigenvalue weighted by atomic mass is 16.5. The van der Waals surface area contributed by atoms with E-state index >= 15 is 0 Å². The quantitative estimate of drug-likeness (QED) is 0.681. The van der Waals surface area contributed by atoms with Crippen LogP contribution in [-0.2, 0) is 6.54 Å². The predicted octanol–water partition coefficient (Wildman–Crippen LogP) is 3.75. The summed E-state index contributed by atoms with van der Waals surface area (Å²) in [6.07, 6.45) is 8.86. The SMILES string of the molecule is CC(C)N1CCC(N2CCN(Cc3ccc(OC4CCCC4)cc3)C[C@H]2CCO)CC1. The molecular formula is C26H43N3O2. The third-order valence-corrected chi connectivity index (χ3v) is 7.71. The summed E-state index contributed by atoms with van der Waals surface area (Å²) in [4.78, 5) is 7.91. The van der Waals surface area contributed by atoms with Crippen LogP contribution in [-0.4, -0.2) is 83.4 Å². The molecule has 174 valence electrons. The van der Waals surface area contributed by atoms with Gasteiger partial charge in [0.15, 0.2) is 0 Å². The standard InChI is InChI=1S/C26H43N3O2/c1-21(2)28-14-11-23(12-15-28)29-17-16-27(20-24(29)13-18-30)19-22-7-9-26(10-8-22)31-25-5-3-4-6-25/h7-10,21,23-25,30H,3-6,11-20H2,1-2H3/t24-/m1/s1. The lowest BCUT2D eigenvalue weighted by atomic mass is 9.97. The average Bonchev–Trinajstić information content (AvgIpc) is 3.29. The summed E-state index contributed by atoms with van der Waals surface area (Å²) in [7, 11) is 0. The molecule has 0 bridgehead atoms. The number of likely N-dealkylation sites (tertiary alicyclic amines) is 1. The number of rotatable bonds is 8. The molecule has 2 heterocycles. The summed E-state index contributed by atoms with van der Waals surface area (Å²) in [5, 5.41) is 9.71. The maximum Gasteiger partial charge on any atom is 0.119 e. The minimum absolute atomic E-state index is 0.285. The third kappa shape index (κ3) is 6.22. The molecule has 3 aliphatic rings. The van der Waals surface area contributed by atoms with Crippen molar-refractivity contribution in [1.82, 2.24) is 14.7 Å². The summed E-state index contributed by atoms with van der Waals surface area (Å²) in [5.41, 5.74) is 1.36. The normalized spacial score (nSPS) is 25.5. The van der Waals surface area contributed by atoms with Crippen LogP contribution >= 0.6 is 0 Å². The number of hydrogen-bond donors (Lipinski definition) is 1. The Balaban J connectivity index is 1.29. The van der Waals surface area contributed by atoms with Crippen LogP contribution in [0.1, 0.15) is 64.4 Å². The Morgan fingerprint density at radius 2 is 1.68 bits per heavy atom. The van der Waals surface area contributed by atoms with E-state index in [-0.39, 0.29) is 6.61 Å². The van der Waals surface area contributed by atoms with Crippen molar-refractivity contribution < 1.29 is 9.84 Å². The lowest BCUT2D eigenvalue weighted by molar-refractivity contribution is -0.0000357. The van der Waals surface area contributed by atoms with E-state index in [1.807, 2.05) is 0 Å². The molecule has 5 heteroatoms. The van der Waals surface area contributed by atoms with Crippen LogP contribution in [0.25, 0.3) is 0 Å². The molecule has 0 radical (unpaired) electrons. The van der Waals surface area contributed by atoms with Gasteiger partial charge in [-0.15, -0.1) is 0 Å². The van der Waals surface area contributed by atoms with Crippen LogP contribution in [0, 0.1) is 0 Å². The fourth-order valence-corrected chi connectivity index (χ4v) is 5.83. The Labute approximate surface area is 189 Å². The van der Waals surface area contributed by atoms with Crippen LogP contribution in [0.15, 0.2) is 24.3 Å². The topological polar surface area (TPSA) is 39.2 Å². The monoisotopic (exact) mass is 429 g/mol. The zero-order valence-electron chi connectivity index (χ0n) is 19.7. The minimum Gasteiger partial charge on any atom is -0.490 e. The van der Waals surface area contributed by atoms with E-state index in [9.17, 15) is 5.11 Å². The number of ether oxygens (including phenoxy) is 1. The lowest BCUT2D eigenvalue weighted by Gasteiger charge is -2.48. The van der Waals surface area contributed by atoms with E-state index in [1.54, 1.807) is 0 Å². The van der Waals surface area contributed by atoms with Crippen molar-refractivity contribution in [2.45, 2.75) is 89.6 Å². The first-order valence-electron chi connectivity index (χ1n) is 12.7. The molecule has 1 atom stereocenters. The number of piperazine rings is 1. The zero-order valence-corrected chi connectivity index (χ0v) is 19.7. The number of aliphatic hydroxyl groups excluding tert-OH is 1. The van der Waals surface area contributed by atoms with Gasteiger partial charge in [-0.25, -0.2) is 0 Å². The van der Waals surface area contributed by atoms with Crippen molar-refractivity contribution in [3.63, 3.8) is 0 Å². The van der Waals surface area contributed by atoms with Crippen LogP contribution < -0.4 is 4.74 Å². The second-order valence-electron chi connectivity index (χ2n) is 10.2. The Morgan fingerprint density at radius 1 is 0.968 bits per heavy atom. The maximum atomic E-state index is 9.71. The van der Waals surface area contributed by atoms with Crippen molar-refractivity contribution in [3.8, 4) is 5.75 Å². The summed E-state index contributed by atoms with van der Waals surface area (Å²) in [6.45, 7) is 11.6. The highest BCUT2D eigenvalue weighted by Crippen LogP contribution is 2.26. The van der Waals surface area contributed by atoms with E-state index < -0.39 is 0 Å². The molecule has 1 aromatic carbocycles. The minimum atomic E-state index is 0.285. The first-order chi connectivity index (χ1) is 15.1. The fraction of sp³-hybridized carbons (Fsp3) is 0.769. The van der Waals surface area contributed by atoms with Crippen LogP contribution in [0.4, 0.5) is 0 Å². The van der Waals surface area contributed by atoms with Gasteiger partial charge in [0.2, 0.25) is 0 Å². The van der Waals surface area contributed by atoms with E-state index in [4.69, 9.17) is 4.74 Å². The molecule has 31 heavy (non-hydrogen) atoms. The van der Waals surface area contributed by atoms with Gasteiger partial charge in [-0.2, -0.15) is 0 Å². The predicted molar refractivity (Wildman–Crippen MR) is 127 cm³/mol. The van der Waals surface area contributed by atoms with Gasteiger partial charge in [-0.05, 0) is 89.6 Å². The van der Waals surface area contributed by atoms with Crippen LogP contribution in [0.5, 0.6) is 5.75 Å². The first kappa shape index (κ1) is 23.0. The third-order valence-electron chi connectivity index (χ3n) is 7.71. The first-order valence-corrected chi connectivity index (χ1v) is 12.7. The fourth-order valence-electron chi connectivity index (χ4n) is 5.83. The van der Waals surface area contributed by atoms with Crippen molar-refractivity contribution in [2.75, 3.05) is 39.3 Å². The molecule has 5 nitrogen and oxygen atoms in total. The number of nitrogens with zero attached hydrogens (tertiary/aromatic N) is 3. The molecule has 1 N–H and O–H groups in total. The number of benzene rings is 1. The van der Waals surface area contributed by atoms with Gasteiger partial charge in [-0.3, -0.25) is 9.80 Å². The van der Waals surface area contributed by atoms with E-state index in [0.717, 1.165) is 38.3 Å². The largest absolute Gasteiger partial charge is 0.490 e. The second kappa shape index (κ2) is 11.1. The molecule has 0 aromatic heterocycles. The number of hydrogen-bond acceptors (Lipinski definition) is 5. The molecule has 1 aliphatic carbocycles. The second-order valence-corrected chi connectivity index (χ2v) is 10.2. The molecule has 2 saturated heterocycles. The zero-order chi connectivity index (χ0) is 21.6. The molecule has 1 saturated carbocycles. The Hall–Kier alpha value is -1.14. The van der Waals surface area contributed by atoms with Gasteiger partial charge in [0.25, 0.3) is 0 Å². The highest BCUT2D eigenvalue weighted by molar-refractivity contribution is 5.27. The molecule has 0 amide bonds. The molecule has 3 fully saturated rings. The molecule has 0 spiro atoms. The van der Waals surface area contributed by atoms with Gasteiger partial charge in [0.05, 0.1) is 6.10 Å². The van der Waals surface area contributed by atoms with E-state index in [0.29, 0.717) is 24.2 Å². The van der Waals surface area contributed by atoms with Gasteiger partial charge in [0, 0.05) is 50.9 Å². The van der Waals surface area contributed by atoms with Crippen LogP contribution in [0.3, 0.4) is 0 Å². The smallest absolute Gasteiger partial charge is 0.119 e. The number of aliphatic hydroxyl groups is 1. The highest BCUT2D eigenvalue weighted by Gasteiger charge is 2.33. The Morgan fingerprint density at radius 3 is 2.32 bits per heavy atom. The van der Waals surface area contributed by atoms with E-state index in [2.05, 4.69) is 52.8 Å². The van der Waals surface area contributed by atoms with Crippen molar-refractivity contribution in [1.29, 1.82) is 0 Å². The summed E-state index contributed by atoms with van der Waals surface area (Å²) in [6, 6.07) is 10.6. The summed E-state index contributed by atoms with van der Waals surface area (Å²) < 4.78 is 6.12. The van der Waals surface area contributed by atoms with Gasteiger partial charge >= 0.3 is 0 Å². The Kier molecular flexibility index (Phi) is 8.27. The molecule has 0 unspecified atom stereocenters. The molecule has 1 aromatic rings.